The van der Waals surface area contributed by atoms with Gasteiger partial charge in [-0.3, -0.25) is 9.78 Å². The maximum Gasteiger partial charge on any atom is 0.313 e. The molecule has 0 aromatic carbocycles. The zero-order valence-corrected chi connectivity index (χ0v) is 12.6. The number of fused-ring (bicyclic) bond motifs is 1. The van der Waals surface area contributed by atoms with E-state index in [4.69, 9.17) is 5.11 Å². The third-order valence-electron chi connectivity index (χ3n) is 3.49. The van der Waals surface area contributed by atoms with E-state index in [2.05, 4.69) is 26.9 Å². The average molecular weight is 307 g/mol. The molecule has 3 heterocycles. The van der Waals surface area contributed by atoms with Crippen molar-refractivity contribution in [2.45, 2.75) is 5.16 Å². The number of carboxylic acids is 1. The Morgan fingerprint density at radius 3 is 2.86 bits per heavy atom. The first kappa shape index (κ1) is 14.2. The molecule has 0 aliphatic carbocycles. The van der Waals surface area contributed by atoms with Crippen LogP contribution in [-0.2, 0) is 4.79 Å². The Kier molecular flexibility index (Phi) is 3.98. The molecule has 1 N–H and O–H groups in total. The van der Waals surface area contributed by atoms with Crippen LogP contribution in [0.25, 0.3) is 11.0 Å². The molecular weight excluding hydrogens is 290 g/mol. The standard InChI is InChI=1S/C13H17N5O2S/c1-16-4-6-17(7-5-16)18-11-2-3-14-8-10(11)15-13(18)21-9-12(19)20/h2-3,8H,4-7,9H2,1H3,(H,19,20). The van der Waals surface area contributed by atoms with Gasteiger partial charge in [0.15, 0.2) is 5.16 Å². The molecule has 2 aromatic rings. The second kappa shape index (κ2) is 5.90. The molecule has 8 heteroatoms. The number of imidazole rings is 1. The molecule has 3 rings (SSSR count). The Bertz CT molecular complexity index is 651. The van der Waals surface area contributed by atoms with Crippen molar-refractivity contribution in [3.8, 4) is 0 Å². The van der Waals surface area contributed by atoms with E-state index in [1.807, 2.05) is 10.7 Å². The minimum absolute atomic E-state index is 0.00446. The second-order valence-electron chi connectivity index (χ2n) is 5.01. The normalized spacial score (nSPS) is 16.5. The number of aromatic nitrogens is 3. The van der Waals surface area contributed by atoms with Gasteiger partial charge in [0.25, 0.3) is 0 Å². The van der Waals surface area contributed by atoms with E-state index < -0.39 is 5.97 Å². The molecule has 1 aliphatic heterocycles. The van der Waals surface area contributed by atoms with E-state index in [0.29, 0.717) is 5.16 Å². The van der Waals surface area contributed by atoms with Crippen LogP contribution in [0.5, 0.6) is 0 Å². The molecule has 0 radical (unpaired) electrons. The summed E-state index contributed by atoms with van der Waals surface area (Å²) in [5, 5.41) is 11.8. The van der Waals surface area contributed by atoms with Crippen molar-refractivity contribution in [3.05, 3.63) is 18.5 Å². The van der Waals surface area contributed by atoms with Crippen LogP contribution in [0, 0.1) is 0 Å². The lowest BCUT2D eigenvalue weighted by atomic mass is 10.4. The molecular formula is C13H17N5O2S. The minimum Gasteiger partial charge on any atom is -0.481 e. The Morgan fingerprint density at radius 1 is 1.38 bits per heavy atom. The molecule has 112 valence electrons. The Hall–Kier alpha value is -1.80. The van der Waals surface area contributed by atoms with Crippen LogP contribution in [0.2, 0.25) is 0 Å². The van der Waals surface area contributed by atoms with Crippen LogP contribution in [-0.4, -0.2) is 69.6 Å². The van der Waals surface area contributed by atoms with E-state index in [1.54, 1.807) is 12.4 Å². The molecule has 2 aromatic heterocycles. The lowest BCUT2D eigenvalue weighted by Gasteiger charge is -2.35. The fourth-order valence-corrected chi connectivity index (χ4v) is 3.14. The lowest BCUT2D eigenvalue weighted by Crippen LogP contribution is -2.50. The highest BCUT2D eigenvalue weighted by Crippen LogP contribution is 2.24. The summed E-state index contributed by atoms with van der Waals surface area (Å²) in [6.07, 6.45) is 3.45. The van der Waals surface area contributed by atoms with Crippen molar-refractivity contribution < 1.29 is 9.90 Å². The number of carboxylic acid groups (broad SMARTS) is 1. The summed E-state index contributed by atoms with van der Waals surface area (Å²) < 4.78 is 2.04. The van der Waals surface area contributed by atoms with Gasteiger partial charge in [-0.2, -0.15) is 0 Å². The number of rotatable bonds is 4. The fraction of sp³-hybridized carbons (Fsp3) is 0.462. The SMILES string of the molecule is CN1CCN(n2c(SCC(=O)O)nc3cnccc32)CC1. The van der Waals surface area contributed by atoms with Crippen molar-refractivity contribution >= 4 is 28.8 Å². The van der Waals surface area contributed by atoms with Crippen LogP contribution in [0.1, 0.15) is 0 Å². The van der Waals surface area contributed by atoms with E-state index in [1.165, 1.54) is 11.8 Å². The smallest absolute Gasteiger partial charge is 0.313 e. The number of nitrogens with zero attached hydrogens (tertiary/aromatic N) is 5. The highest BCUT2D eigenvalue weighted by Gasteiger charge is 2.21. The predicted octanol–water partition coefficient (Wildman–Crippen LogP) is 0.491. The molecule has 1 saturated heterocycles. The van der Waals surface area contributed by atoms with Gasteiger partial charge in [0.1, 0.15) is 5.52 Å². The zero-order valence-electron chi connectivity index (χ0n) is 11.8. The van der Waals surface area contributed by atoms with E-state index in [0.717, 1.165) is 37.2 Å². The monoisotopic (exact) mass is 307 g/mol. The second-order valence-corrected chi connectivity index (χ2v) is 5.95. The van der Waals surface area contributed by atoms with E-state index in [-0.39, 0.29) is 5.75 Å². The number of likely N-dealkylation sites (N-methyl/N-ethyl adjacent to an activating group) is 1. The molecule has 7 nitrogen and oxygen atoms in total. The van der Waals surface area contributed by atoms with Crippen molar-refractivity contribution in [2.24, 2.45) is 0 Å². The van der Waals surface area contributed by atoms with Crippen LogP contribution in [0.3, 0.4) is 0 Å². The molecule has 1 aliphatic rings. The molecule has 0 bridgehead atoms. The Morgan fingerprint density at radius 2 is 2.14 bits per heavy atom. The number of hydrogen-bond acceptors (Lipinski definition) is 6. The molecule has 0 unspecified atom stereocenters. The summed E-state index contributed by atoms with van der Waals surface area (Å²) >= 11 is 1.24. The first-order valence-corrected chi connectivity index (χ1v) is 7.74. The Balaban J connectivity index is 1.96. The first-order valence-electron chi connectivity index (χ1n) is 6.76. The number of piperazine rings is 1. The topological polar surface area (TPSA) is 74.5 Å². The Labute approximate surface area is 126 Å². The first-order chi connectivity index (χ1) is 10.1. The van der Waals surface area contributed by atoms with Crippen molar-refractivity contribution in [1.29, 1.82) is 0 Å². The highest BCUT2D eigenvalue weighted by atomic mass is 32.2. The minimum atomic E-state index is -0.838. The maximum absolute atomic E-state index is 10.8. The summed E-state index contributed by atoms with van der Waals surface area (Å²) in [4.78, 5) is 21.7. The van der Waals surface area contributed by atoms with E-state index in [9.17, 15) is 4.79 Å². The largest absolute Gasteiger partial charge is 0.481 e. The van der Waals surface area contributed by atoms with Crippen molar-refractivity contribution in [3.63, 3.8) is 0 Å². The summed E-state index contributed by atoms with van der Waals surface area (Å²) in [5.41, 5.74) is 1.77. The van der Waals surface area contributed by atoms with Gasteiger partial charge >= 0.3 is 5.97 Å². The quantitative estimate of drug-likeness (QED) is 0.824. The van der Waals surface area contributed by atoms with Gasteiger partial charge in [0, 0.05) is 32.4 Å². The summed E-state index contributed by atoms with van der Waals surface area (Å²) in [6.45, 7) is 3.75. The maximum atomic E-state index is 10.8. The van der Waals surface area contributed by atoms with E-state index >= 15 is 0 Å². The third-order valence-corrected chi connectivity index (χ3v) is 4.40. The summed E-state index contributed by atoms with van der Waals surface area (Å²) in [6, 6.07) is 1.92. The van der Waals surface area contributed by atoms with Crippen molar-refractivity contribution in [1.82, 2.24) is 19.5 Å². The van der Waals surface area contributed by atoms with Gasteiger partial charge < -0.3 is 15.0 Å². The molecule has 0 spiro atoms. The van der Waals surface area contributed by atoms with Gasteiger partial charge in [-0.05, 0) is 13.1 Å². The number of aliphatic carboxylic acids is 1. The van der Waals surface area contributed by atoms with Gasteiger partial charge in [-0.25, -0.2) is 9.66 Å². The predicted molar refractivity (Wildman–Crippen MR) is 81.3 cm³/mol. The van der Waals surface area contributed by atoms with Crippen LogP contribution < -0.4 is 5.01 Å². The van der Waals surface area contributed by atoms with Gasteiger partial charge in [-0.1, -0.05) is 11.8 Å². The summed E-state index contributed by atoms with van der Waals surface area (Å²) in [7, 11) is 2.10. The highest BCUT2D eigenvalue weighted by molar-refractivity contribution is 7.99. The van der Waals surface area contributed by atoms with Crippen LogP contribution in [0.4, 0.5) is 0 Å². The van der Waals surface area contributed by atoms with Gasteiger partial charge in [0.05, 0.1) is 17.5 Å². The van der Waals surface area contributed by atoms with Crippen LogP contribution in [0.15, 0.2) is 23.6 Å². The number of hydrogen-bond donors (Lipinski definition) is 1. The fourth-order valence-electron chi connectivity index (χ4n) is 2.39. The summed E-state index contributed by atoms with van der Waals surface area (Å²) in [5.74, 6) is -0.833. The number of thioether (sulfide) groups is 1. The zero-order chi connectivity index (χ0) is 14.8. The van der Waals surface area contributed by atoms with Gasteiger partial charge in [0.2, 0.25) is 0 Å². The molecule has 0 atom stereocenters. The number of carbonyl (C=O) groups is 1. The number of pyridine rings is 1. The van der Waals surface area contributed by atoms with Crippen molar-refractivity contribution in [2.75, 3.05) is 44.0 Å². The molecule has 0 saturated carbocycles. The molecule has 21 heavy (non-hydrogen) atoms. The average Bonchev–Trinajstić information content (AvgIpc) is 2.84. The van der Waals surface area contributed by atoms with Gasteiger partial charge in [-0.15, -0.1) is 0 Å². The molecule has 0 amide bonds. The third kappa shape index (κ3) is 2.96. The molecule has 1 fully saturated rings. The lowest BCUT2D eigenvalue weighted by molar-refractivity contribution is -0.133. The van der Waals surface area contributed by atoms with Crippen LogP contribution >= 0.6 is 11.8 Å².